The molecular weight excluding hydrogens is 186 g/mol. The second-order valence-electron chi connectivity index (χ2n) is 5.01. The molecule has 82 valence electrons. The van der Waals surface area contributed by atoms with Gasteiger partial charge in [-0.25, -0.2) is 0 Å². The summed E-state index contributed by atoms with van der Waals surface area (Å²) in [6, 6.07) is 6.40. The normalized spacial score (nSPS) is 20.0. The van der Waals surface area contributed by atoms with Gasteiger partial charge in [-0.05, 0) is 37.5 Å². The summed E-state index contributed by atoms with van der Waals surface area (Å²) in [7, 11) is 0. The first-order chi connectivity index (χ1) is 6.98. The maximum atomic E-state index is 9.66. The first-order valence-electron chi connectivity index (χ1n) is 5.48. The van der Waals surface area contributed by atoms with Gasteiger partial charge in [-0.1, -0.05) is 18.2 Å². The molecule has 0 bridgehead atoms. The Morgan fingerprint density at radius 1 is 1.27 bits per heavy atom. The van der Waals surface area contributed by atoms with Gasteiger partial charge >= 0.3 is 0 Å². The number of rotatable bonds is 2. The van der Waals surface area contributed by atoms with Crippen molar-refractivity contribution in [1.82, 2.24) is 4.90 Å². The first-order valence-corrected chi connectivity index (χ1v) is 5.48. The van der Waals surface area contributed by atoms with E-state index in [1.54, 1.807) is 0 Å². The zero-order chi connectivity index (χ0) is 11.1. The summed E-state index contributed by atoms with van der Waals surface area (Å²) in [4.78, 5) is 2.29. The molecule has 1 aromatic carbocycles. The van der Waals surface area contributed by atoms with Gasteiger partial charge in [0.15, 0.2) is 0 Å². The lowest BCUT2D eigenvalue weighted by Crippen LogP contribution is -2.59. The maximum Gasteiger partial charge on any atom is 0.0872 e. The van der Waals surface area contributed by atoms with Gasteiger partial charge in [0.25, 0.3) is 0 Å². The summed E-state index contributed by atoms with van der Waals surface area (Å²) < 4.78 is 0. The van der Waals surface area contributed by atoms with Crippen molar-refractivity contribution in [2.45, 2.75) is 32.9 Å². The van der Waals surface area contributed by atoms with E-state index in [1.165, 1.54) is 16.7 Å². The van der Waals surface area contributed by atoms with Crippen molar-refractivity contribution in [2.24, 2.45) is 0 Å². The van der Waals surface area contributed by atoms with E-state index in [0.717, 1.165) is 19.6 Å². The molecule has 1 fully saturated rings. The molecule has 0 unspecified atom stereocenters. The SMILES string of the molecule is Cc1cccc(C)c1CN1CC(C)(O)C1. The van der Waals surface area contributed by atoms with E-state index in [4.69, 9.17) is 0 Å². The molecule has 15 heavy (non-hydrogen) atoms. The van der Waals surface area contributed by atoms with E-state index >= 15 is 0 Å². The summed E-state index contributed by atoms with van der Waals surface area (Å²) in [5.74, 6) is 0. The summed E-state index contributed by atoms with van der Waals surface area (Å²) in [6.45, 7) is 8.75. The molecule has 0 aromatic heterocycles. The number of nitrogens with zero attached hydrogens (tertiary/aromatic N) is 1. The third kappa shape index (κ3) is 2.21. The van der Waals surface area contributed by atoms with Gasteiger partial charge in [0.2, 0.25) is 0 Å². The number of hydrogen-bond acceptors (Lipinski definition) is 2. The molecule has 0 atom stereocenters. The highest BCUT2D eigenvalue weighted by Crippen LogP contribution is 2.24. The number of aryl methyl sites for hydroxylation is 2. The van der Waals surface area contributed by atoms with E-state index in [9.17, 15) is 5.11 Å². The molecule has 0 saturated carbocycles. The van der Waals surface area contributed by atoms with Crippen LogP contribution in [0.5, 0.6) is 0 Å². The van der Waals surface area contributed by atoms with Crippen molar-refractivity contribution in [1.29, 1.82) is 0 Å². The van der Waals surface area contributed by atoms with Crippen LogP contribution in [-0.4, -0.2) is 28.7 Å². The maximum absolute atomic E-state index is 9.66. The quantitative estimate of drug-likeness (QED) is 0.796. The molecule has 1 aliphatic rings. The second-order valence-corrected chi connectivity index (χ2v) is 5.01. The van der Waals surface area contributed by atoms with E-state index in [2.05, 4.69) is 36.9 Å². The number of benzene rings is 1. The number of aliphatic hydroxyl groups is 1. The minimum Gasteiger partial charge on any atom is -0.388 e. The van der Waals surface area contributed by atoms with Gasteiger partial charge in [0.1, 0.15) is 0 Å². The molecular formula is C13H19NO. The van der Waals surface area contributed by atoms with E-state index in [-0.39, 0.29) is 0 Å². The van der Waals surface area contributed by atoms with Crippen LogP contribution in [0, 0.1) is 13.8 Å². The van der Waals surface area contributed by atoms with Crippen molar-refractivity contribution in [2.75, 3.05) is 13.1 Å². The Morgan fingerprint density at radius 3 is 2.27 bits per heavy atom. The van der Waals surface area contributed by atoms with Crippen LogP contribution >= 0.6 is 0 Å². The molecule has 0 aliphatic carbocycles. The highest BCUT2D eigenvalue weighted by atomic mass is 16.3. The number of β-amino-alcohol motifs (C(OH)–C–C–N with tert-alkyl or cyclic N) is 1. The van der Waals surface area contributed by atoms with Crippen molar-refractivity contribution < 1.29 is 5.11 Å². The third-order valence-electron chi connectivity index (χ3n) is 3.15. The smallest absolute Gasteiger partial charge is 0.0872 e. The molecule has 1 heterocycles. The average Bonchev–Trinajstić information content (AvgIpc) is 2.08. The monoisotopic (exact) mass is 205 g/mol. The largest absolute Gasteiger partial charge is 0.388 e. The number of likely N-dealkylation sites (tertiary alicyclic amines) is 1. The van der Waals surface area contributed by atoms with Gasteiger partial charge < -0.3 is 5.11 Å². The lowest BCUT2D eigenvalue weighted by molar-refractivity contribution is -0.0872. The highest BCUT2D eigenvalue weighted by Gasteiger charge is 2.36. The Labute approximate surface area is 91.5 Å². The Bertz CT molecular complexity index is 343. The zero-order valence-electron chi connectivity index (χ0n) is 9.75. The molecule has 0 spiro atoms. The van der Waals surface area contributed by atoms with E-state index in [1.807, 2.05) is 6.92 Å². The predicted octanol–water partition coefficient (Wildman–Crippen LogP) is 1.87. The molecule has 2 rings (SSSR count). The van der Waals surface area contributed by atoms with Crippen LogP contribution in [0.1, 0.15) is 23.6 Å². The molecule has 1 N–H and O–H groups in total. The molecule has 1 saturated heterocycles. The average molecular weight is 205 g/mol. The molecule has 1 aliphatic heterocycles. The van der Waals surface area contributed by atoms with Crippen molar-refractivity contribution in [3.63, 3.8) is 0 Å². The summed E-state index contributed by atoms with van der Waals surface area (Å²) in [6.07, 6.45) is 0. The lowest BCUT2D eigenvalue weighted by atomic mass is 9.94. The van der Waals surface area contributed by atoms with E-state index in [0.29, 0.717) is 0 Å². The van der Waals surface area contributed by atoms with Crippen LogP contribution in [0.25, 0.3) is 0 Å². The standard InChI is InChI=1S/C13H19NO/c1-10-5-4-6-11(2)12(10)7-14-8-13(3,15)9-14/h4-6,15H,7-9H2,1-3H3. The topological polar surface area (TPSA) is 23.5 Å². The molecule has 2 nitrogen and oxygen atoms in total. The summed E-state index contributed by atoms with van der Waals surface area (Å²) in [5, 5.41) is 9.66. The Hall–Kier alpha value is -0.860. The van der Waals surface area contributed by atoms with Crippen LogP contribution < -0.4 is 0 Å². The minimum absolute atomic E-state index is 0.462. The van der Waals surface area contributed by atoms with Gasteiger partial charge in [0.05, 0.1) is 5.60 Å². The molecule has 0 amide bonds. The fraction of sp³-hybridized carbons (Fsp3) is 0.538. The molecule has 0 radical (unpaired) electrons. The van der Waals surface area contributed by atoms with Crippen LogP contribution in [0.4, 0.5) is 0 Å². The second kappa shape index (κ2) is 3.62. The molecule has 2 heteroatoms. The Kier molecular flexibility index (Phi) is 2.57. The third-order valence-corrected chi connectivity index (χ3v) is 3.15. The Balaban J connectivity index is 2.06. The predicted molar refractivity (Wildman–Crippen MR) is 61.8 cm³/mol. The fourth-order valence-electron chi connectivity index (χ4n) is 2.35. The van der Waals surface area contributed by atoms with Crippen molar-refractivity contribution in [3.8, 4) is 0 Å². The minimum atomic E-state index is -0.462. The summed E-state index contributed by atoms with van der Waals surface area (Å²) >= 11 is 0. The first kappa shape index (κ1) is 10.7. The van der Waals surface area contributed by atoms with Gasteiger partial charge in [0, 0.05) is 19.6 Å². The zero-order valence-corrected chi connectivity index (χ0v) is 9.75. The van der Waals surface area contributed by atoms with Crippen LogP contribution in [0.15, 0.2) is 18.2 Å². The Morgan fingerprint density at radius 2 is 1.80 bits per heavy atom. The van der Waals surface area contributed by atoms with Crippen LogP contribution in [0.3, 0.4) is 0 Å². The van der Waals surface area contributed by atoms with E-state index < -0.39 is 5.60 Å². The highest BCUT2D eigenvalue weighted by molar-refractivity contribution is 5.33. The van der Waals surface area contributed by atoms with Crippen molar-refractivity contribution in [3.05, 3.63) is 34.9 Å². The van der Waals surface area contributed by atoms with Gasteiger partial charge in [-0.3, -0.25) is 4.90 Å². The van der Waals surface area contributed by atoms with Crippen LogP contribution in [-0.2, 0) is 6.54 Å². The van der Waals surface area contributed by atoms with Gasteiger partial charge in [-0.15, -0.1) is 0 Å². The van der Waals surface area contributed by atoms with Crippen LogP contribution in [0.2, 0.25) is 0 Å². The van der Waals surface area contributed by atoms with Gasteiger partial charge in [-0.2, -0.15) is 0 Å². The fourth-order valence-corrected chi connectivity index (χ4v) is 2.35. The molecule has 1 aromatic rings. The van der Waals surface area contributed by atoms with Crippen molar-refractivity contribution >= 4 is 0 Å². The summed E-state index contributed by atoms with van der Waals surface area (Å²) in [5.41, 5.74) is 3.65. The lowest BCUT2D eigenvalue weighted by Gasteiger charge is -2.44. The number of hydrogen-bond donors (Lipinski definition) is 1.